The maximum Gasteiger partial charge on any atom is 0.227 e. The quantitative estimate of drug-likeness (QED) is 0.829. The Bertz CT molecular complexity index is 389. The van der Waals surface area contributed by atoms with Crippen molar-refractivity contribution >= 4 is 22.4 Å². The van der Waals surface area contributed by atoms with Crippen LogP contribution < -0.4 is 11.1 Å². The Morgan fingerprint density at radius 2 is 2.00 bits per heavy atom. The van der Waals surface area contributed by atoms with Gasteiger partial charge in [-0.2, -0.15) is 0 Å². The molecule has 0 saturated heterocycles. The molecule has 0 fully saturated rings. The van der Waals surface area contributed by atoms with Gasteiger partial charge in [0.15, 0.2) is 0 Å². The van der Waals surface area contributed by atoms with E-state index in [1.54, 1.807) is 0 Å². The molecule has 0 bridgehead atoms. The van der Waals surface area contributed by atoms with Gasteiger partial charge >= 0.3 is 0 Å². The molecule has 0 spiro atoms. The number of hydrogen-bond donors (Lipinski definition) is 2. The zero-order chi connectivity index (χ0) is 13.7. The highest BCUT2D eigenvalue weighted by molar-refractivity contribution is 7.15. The molecule has 18 heavy (non-hydrogen) atoms. The summed E-state index contributed by atoms with van der Waals surface area (Å²) in [5, 5.41) is 12.3. The predicted octanol–water partition coefficient (Wildman–Crippen LogP) is 2.05. The van der Waals surface area contributed by atoms with E-state index in [-0.39, 0.29) is 11.9 Å². The van der Waals surface area contributed by atoms with Gasteiger partial charge in [0.05, 0.1) is 0 Å². The van der Waals surface area contributed by atoms with Crippen molar-refractivity contribution in [3.63, 3.8) is 0 Å². The molecule has 6 heteroatoms. The van der Waals surface area contributed by atoms with Gasteiger partial charge in [-0.15, -0.1) is 10.2 Å². The van der Waals surface area contributed by atoms with E-state index in [0.29, 0.717) is 23.4 Å². The smallest absolute Gasteiger partial charge is 0.227 e. The first-order chi connectivity index (χ1) is 8.38. The number of hydrogen-bond acceptors (Lipinski definition) is 5. The minimum Gasteiger partial charge on any atom is -0.327 e. The van der Waals surface area contributed by atoms with Gasteiger partial charge in [0.1, 0.15) is 5.01 Å². The summed E-state index contributed by atoms with van der Waals surface area (Å²) in [6.45, 7) is 8.26. The van der Waals surface area contributed by atoms with Crippen molar-refractivity contribution in [1.82, 2.24) is 10.2 Å². The van der Waals surface area contributed by atoms with Crippen LogP contribution in [0, 0.1) is 11.8 Å². The number of rotatable bonds is 6. The van der Waals surface area contributed by atoms with Crippen LogP contribution in [-0.2, 0) is 11.2 Å². The average Bonchev–Trinajstić information content (AvgIpc) is 2.63. The van der Waals surface area contributed by atoms with Crippen LogP contribution in [0.4, 0.5) is 5.13 Å². The van der Waals surface area contributed by atoms with Gasteiger partial charge in [-0.25, -0.2) is 0 Å². The van der Waals surface area contributed by atoms with Crippen LogP contribution in [0.15, 0.2) is 0 Å². The molecule has 1 atom stereocenters. The fraction of sp³-hybridized carbons (Fsp3) is 0.750. The summed E-state index contributed by atoms with van der Waals surface area (Å²) < 4.78 is 0. The third-order valence-corrected chi connectivity index (χ3v) is 3.43. The van der Waals surface area contributed by atoms with Crippen LogP contribution in [0.1, 0.15) is 39.1 Å². The fourth-order valence-electron chi connectivity index (χ4n) is 1.36. The predicted molar refractivity (Wildman–Crippen MR) is 74.5 cm³/mol. The van der Waals surface area contributed by atoms with Gasteiger partial charge in [0, 0.05) is 18.9 Å². The molecule has 102 valence electrons. The number of nitrogens with two attached hydrogens (primary N) is 1. The Balaban J connectivity index is 2.47. The van der Waals surface area contributed by atoms with Crippen molar-refractivity contribution in [2.24, 2.45) is 17.6 Å². The molecule has 0 saturated carbocycles. The Kier molecular flexibility index (Phi) is 5.68. The lowest BCUT2D eigenvalue weighted by atomic mass is 10.0. The molecule has 1 aromatic heterocycles. The molecule has 1 unspecified atom stereocenters. The first kappa shape index (κ1) is 15.0. The monoisotopic (exact) mass is 270 g/mol. The molecule has 3 N–H and O–H groups in total. The van der Waals surface area contributed by atoms with Crippen molar-refractivity contribution in [2.45, 2.75) is 46.6 Å². The van der Waals surface area contributed by atoms with E-state index in [1.165, 1.54) is 11.3 Å². The number of carbonyl (C=O) groups is 1. The summed E-state index contributed by atoms with van der Waals surface area (Å²) >= 11 is 1.43. The summed E-state index contributed by atoms with van der Waals surface area (Å²) in [5.41, 5.74) is 5.85. The highest BCUT2D eigenvalue weighted by Crippen LogP contribution is 2.18. The number of nitrogens with one attached hydrogen (secondary N) is 1. The zero-order valence-electron chi connectivity index (χ0n) is 11.4. The SMILES string of the molecule is CC(C)Cc1nnc(NC(=O)CC(N)C(C)C)s1. The highest BCUT2D eigenvalue weighted by Gasteiger charge is 2.14. The van der Waals surface area contributed by atoms with E-state index in [1.807, 2.05) is 13.8 Å². The van der Waals surface area contributed by atoms with Crippen LogP contribution in [0.3, 0.4) is 0 Å². The fourth-order valence-corrected chi connectivity index (χ4v) is 2.32. The molecular formula is C12H22N4OS. The average molecular weight is 270 g/mol. The largest absolute Gasteiger partial charge is 0.327 e. The zero-order valence-corrected chi connectivity index (χ0v) is 12.3. The van der Waals surface area contributed by atoms with Crippen molar-refractivity contribution in [3.8, 4) is 0 Å². The van der Waals surface area contributed by atoms with Crippen molar-refractivity contribution in [3.05, 3.63) is 5.01 Å². The van der Waals surface area contributed by atoms with E-state index < -0.39 is 0 Å². The first-order valence-electron chi connectivity index (χ1n) is 6.26. The summed E-state index contributed by atoms with van der Waals surface area (Å²) in [6, 6.07) is -0.118. The van der Waals surface area contributed by atoms with Gasteiger partial charge in [-0.3, -0.25) is 4.79 Å². The summed E-state index contributed by atoms with van der Waals surface area (Å²) in [6.07, 6.45) is 1.20. The highest BCUT2D eigenvalue weighted by atomic mass is 32.1. The van der Waals surface area contributed by atoms with Crippen LogP contribution in [0.25, 0.3) is 0 Å². The number of anilines is 1. The molecule has 1 rings (SSSR count). The molecule has 1 aromatic rings. The van der Waals surface area contributed by atoms with E-state index >= 15 is 0 Å². The Hall–Kier alpha value is -1.01. The van der Waals surface area contributed by atoms with Gasteiger partial charge in [0.25, 0.3) is 0 Å². The van der Waals surface area contributed by atoms with E-state index in [9.17, 15) is 4.79 Å². The van der Waals surface area contributed by atoms with Crippen LogP contribution >= 0.6 is 11.3 Å². The van der Waals surface area contributed by atoms with Crippen molar-refractivity contribution in [2.75, 3.05) is 5.32 Å². The minimum absolute atomic E-state index is 0.0940. The molecule has 0 aliphatic heterocycles. The standard InChI is InChI=1S/C12H22N4OS/c1-7(2)5-11-15-16-12(18-11)14-10(17)6-9(13)8(3)4/h7-9H,5-6,13H2,1-4H3,(H,14,16,17). The van der Waals surface area contributed by atoms with Crippen LogP contribution in [0.5, 0.6) is 0 Å². The molecular weight excluding hydrogens is 248 g/mol. The first-order valence-corrected chi connectivity index (χ1v) is 7.08. The molecule has 1 heterocycles. The maximum absolute atomic E-state index is 11.7. The molecule has 0 radical (unpaired) electrons. The van der Waals surface area contributed by atoms with Crippen LogP contribution in [0.2, 0.25) is 0 Å². The summed E-state index contributed by atoms with van der Waals surface area (Å²) in [5.74, 6) is 0.737. The molecule has 0 aliphatic carbocycles. The number of nitrogens with zero attached hydrogens (tertiary/aromatic N) is 2. The normalized spacial score (nSPS) is 13.1. The van der Waals surface area contributed by atoms with E-state index in [2.05, 4.69) is 29.4 Å². The molecule has 0 aromatic carbocycles. The molecule has 5 nitrogen and oxygen atoms in total. The van der Waals surface area contributed by atoms with E-state index in [0.717, 1.165) is 11.4 Å². The number of aromatic nitrogens is 2. The third kappa shape index (κ3) is 5.10. The molecule has 1 amide bonds. The third-order valence-electron chi connectivity index (χ3n) is 2.57. The van der Waals surface area contributed by atoms with Crippen molar-refractivity contribution in [1.29, 1.82) is 0 Å². The van der Waals surface area contributed by atoms with Crippen molar-refractivity contribution < 1.29 is 4.79 Å². The van der Waals surface area contributed by atoms with E-state index in [4.69, 9.17) is 5.73 Å². The second-order valence-electron chi connectivity index (χ2n) is 5.26. The Morgan fingerprint density at radius 3 is 2.56 bits per heavy atom. The minimum atomic E-state index is -0.118. The maximum atomic E-state index is 11.7. The van der Waals surface area contributed by atoms with Gasteiger partial charge in [-0.1, -0.05) is 39.0 Å². The number of amides is 1. The second-order valence-corrected chi connectivity index (χ2v) is 6.32. The molecule has 0 aliphatic rings. The van der Waals surface area contributed by atoms with Gasteiger partial charge in [0.2, 0.25) is 11.0 Å². The lowest BCUT2D eigenvalue weighted by Gasteiger charge is -2.13. The lowest BCUT2D eigenvalue weighted by Crippen LogP contribution is -2.31. The van der Waals surface area contributed by atoms with Gasteiger partial charge < -0.3 is 11.1 Å². The van der Waals surface area contributed by atoms with Crippen LogP contribution in [-0.4, -0.2) is 22.1 Å². The summed E-state index contributed by atoms with van der Waals surface area (Å²) in [7, 11) is 0. The van der Waals surface area contributed by atoms with Gasteiger partial charge in [-0.05, 0) is 11.8 Å². The topological polar surface area (TPSA) is 80.9 Å². The summed E-state index contributed by atoms with van der Waals surface area (Å²) in [4.78, 5) is 11.7. The lowest BCUT2D eigenvalue weighted by molar-refractivity contribution is -0.116. The Labute approximate surface area is 112 Å². The number of carbonyl (C=O) groups excluding carboxylic acids is 1. The Morgan fingerprint density at radius 1 is 1.33 bits per heavy atom. The second kappa shape index (κ2) is 6.80.